The third-order valence-corrected chi connectivity index (χ3v) is 2.54. The smallest absolute Gasteiger partial charge is 0.331 e. The molecule has 0 fully saturated rings. The lowest BCUT2D eigenvalue weighted by molar-refractivity contribution is -0.140. The summed E-state index contributed by atoms with van der Waals surface area (Å²) >= 11 is 0. The lowest BCUT2D eigenvalue weighted by atomic mass is 10.3. The minimum Gasteiger partial charge on any atom is -0.463 e. The van der Waals surface area contributed by atoms with E-state index in [9.17, 15) is 14.4 Å². The Kier molecular flexibility index (Phi) is 9.66. The fourth-order valence-corrected chi connectivity index (χ4v) is 1.44. The zero-order valence-corrected chi connectivity index (χ0v) is 13.0. The average Bonchev–Trinajstić information content (AvgIpc) is 2.44. The Morgan fingerprint density at radius 1 is 1.05 bits per heavy atom. The van der Waals surface area contributed by atoms with Crippen molar-refractivity contribution in [1.29, 1.82) is 0 Å². The maximum Gasteiger partial charge on any atom is 0.331 e. The molecule has 7 nitrogen and oxygen atoms in total. The monoisotopic (exact) mass is 300 g/mol. The molecule has 0 bridgehead atoms. The van der Waals surface area contributed by atoms with Crippen LogP contribution >= 0.6 is 0 Å². The number of hydrogen-bond acceptors (Lipinski definition) is 5. The second-order valence-corrected chi connectivity index (χ2v) is 4.24. The summed E-state index contributed by atoms with van der Waals surface area (Å²) in [5, 5.41) is 2.72. The molecule has 2 amide bonds. The van der Waals surface area contributed by atoms with Crippen molar-refractivity contribution < 1.29 is 23.9 Å². The molecule has 0 unspecified atom stereocenters. The van der Waals surface area contributed by atoms with Gasteiger partial charge in [0.25, 0.3) is 0 Å². The van der Waals surface area contributed by atoms with Gasteiger partial charge in [-0.2, -0.15) is 0 Å². The van der Waals surface area contributed by atoms with Crippen molar-refractivity contribution in [3.8, 4) is 0 Å². The van der Waals surface area contributed by atoms with Gasteiger partial charge in [-0.3, -0.25) is 0 Å². The van der Waals surface area contributed by atoms with E-state index >= 15 is 0 Å². The third-order valence-electron chi connectivity index (χ3n) is 2.54. The Bertz CT molecular complexity index is 378. The van der Waals surface area contributed by atoms with Crippen LogP contribution in [-0.2, 0) is 19.1 Å². The van der Waals surface area contributed by atoms with Crippen LogP contribution < -0.4 is 5.32 Å². The first-order valence-corrected chi connectivity index (χ1v) is 7.01. The first-order chi connectivity index (χ1) is 9.94. The van der Waals surface area contributed by atoms with Gasteiger partial charge in [0.15, 0.2) is 0 Å². The molecule has 7 heteroatoms. The Morgan fingerprint density at radius 2 is 1.57 bits per heavy atom. The lowest BCUT2D eigenvalue weighted by Crippen LogP contribution is -2.45. The summed E-state index contributed by atoms with van der Waals surface area (Å²) in [5.74, 6) is -1.26. The molecule has 21 heavy (non-hydrogen) atoms. The highest BCUT2D eigenvalue weighted by Gasteiger charge is 2.13. The zero-order chi connectivity index (χ0) is 16.3. The third kappa shape index (κ3) is 8.67. The van der Waals surface area contributed by atoms with Crippen molar-refractivity contribution >= 4 is 18.0 Å². The van der Waals surface area contributed by atoms with Crippen molar-refractivity contribution in [2.24, 2.45) is 0 Å². The Labute approximate surface area is 125 Å². The molecule has 0 heterocycles. The van der Waals surface area contributed by atoms with Crippen molar-refractivity contribution in [3.63, 3.8) is 0 Å². The van der Waals surface area contributed by atoms with Gasteiger partial charge in [0.1, 0.15) is 6.61 Å². The molecule has 1 atom stereocenters. The maximum absolute atomic E-state index is 11.7. The molecule has 0 aromatic heterocycles. The summed E-state index contributed by atoms with van der Waals surface area (Å²) in [6.07, 6.45) is 2.00. The van der Waals surface area contributed by atoms with Gasteiger partial charge in [0.2, 0.25) is 0 Å². The second-order valence-electron chi connectivity index (χ2n) is 4.24. The topological polar surface area (TPSA) is 84.9 Å². The van der Waals surface area contributed by atoms with Gasteiger partial charge in [-0.1, -0.05) is 0 Å². The molecule has 0 saturated carbocycles. The Balaban J connectivity index is 4.07. The molecule has 0 spiro atoms. The fraction of sp³-hybridized carbons (Fsp3) is 0.643. The quantitative estimate of drug-likeness (QED) is 0.536. The summed E-state index contributed by atoms with van der Waals surface area (Å²) in [6.45, 7) is 8.65. The number of esters is 2. The van der Waals surface area contributed by atoms with E-state index in [0.717, 1.165) is 12.2 Å². The van der Waals surface area contributed by atoms with Crippen molar-refractivity contribution in [2.75, 3.05) is 26.3 Å². The van der Waals surface area contributed by atoms with Crippen molar-refractivity contribution in [1.82, 2.24) is 10.2 Å². The highest BCUT2D eigenvalue weighted by Crippen LogP contribution is 1.93. The number of carbonyl (C=O) groups is 3. The van der Waals surface area contributed by atoms with Gasteiger partial charge in [-0.05, 0) is 27.7 Å². The molecule has 0 saturated heterocycles. The minimum absolute atomic E-state index is 0.0268. The van der Waals surface area contributed by atoms with Crippen LogP contribution in [-0.4, -0.2) is 55.2 Å². The molecule has 0 aromatic rings. The largest absolute Gasteiger partial charge is 0.463 e. The number of hydrogen-bond donors (Lipinski definition) is 1. The summed E-state index contributed by atoms with van der Waals surface area (Å²) in [4.78, 5) is 35.7. The van der Waals surface area contributed by atoms with Crippen LogP contribution in [0.15, 0.2) is 12.2 Å². The highest BCUT2D eigenvalue weighted by molar-refractivity contribution is 5.91. The van der Waals surface area contributed by atoms with Crippen LogP contribution in [0.3, 0.4) is 0 Å². The van der Waals surface area contributed by atoms with Gasteiger partial charge >= 0.3 is 18.0 Å². The summed E-state index contributed by atoms with van der Waals surface area (Å²) in [7, 11) is 0. The Morgan fingerprint density at radius 3 is 2.05 bits per heavy atom. The van der Waals surface area contributed by atoms with Crippen molar-refractivity contribution in [2.45, 2.75) is 33.7 Å². The number of amides is 2. The van der Waals surface area contributed by atoms with E-state index in [0.29, 0.717) is 13.1 Å². The molecule has 120 valence electrons. The Hall–Kier alpha value is -2.05. The van der Waals surface area contributed by atoms with Gasteiger partial charge < -0.3 is 19.7 Å². The molecule has 0 aliphatic heterocycles. The first-order valence-electron chi connectivity index (χ1n) is 7.01. The van der Waals surface area contributed by atoms with E-state index < -0.39 is 11.9 Å². The number of rotatable bonds is 8. The van der Waals surface area contributed by atoms with E-state index in [1.807, 2.05) is 13.8 Å². The van der Waals surface area contributed by atoms with Crippen LogP contribution in [0.4, 0.5) is 4.79 Å². The first kappa shape index (κ1) is 18.9. The van der Waals surface area contributed by atoms with E-state index in [-0.39, 0.29) is 25.3 Å². The molecular weight excluding hydrogens is 276 g/mol. The van der Waals surface area contributed by atoms with Crippen LogP contribution in [0.2, 0.25) is 0 Å². The van der Waals surface area contributed by atoms with Crippen LogP contribution in [0.25, 0.3) is 0 Å². The van der Waals surface area contributed by atoms with Gasteiger partial charge in [0, 0.05) is 25.2 Å². The maximum atomic E-state index is 11.7. The SMILES string of the molecule is CCOC(=O)/C=C/C(=O)OC[C@@H](C)NC(=O)N(CC)CC. The predicted molar refractivity (Wildman–Crippen MR) is 77.6 cm³/mol. The lowest BCUT2D eigenvalue weighted by Gasteiger charge is -2.22. The van der Waals surface area contributed by atoms with E-state index in [1.165, 1.54) is 0 Å². The summed E-state index contributed by atoms with van der Waals surface area (Å²) in [5.41, 5.74) is 0. The number of ether oxygens (including phenoxy) is 2. The molecule has 1 N–H and O–H groups in total. The number of nitrogens with zero attached hydrogens (tertiary/aromatic N) is 1. The molecule has 0 radical (unpaired) electrons. The van der Waals surface area contributed by atoms with Crippen LogP contribution in [0.1, 0.15) is 27.7 Å². The van der Waals surface area contributed by atoms with E-state index in [4.69, 9.17) is 4.74 Å². The molecule has 0 rings (SSSR count). The van der Waals surface area contributed by atoms with E-state index in [2.05, 4.69) is 10.1 Å². The molecule has 0 aromatic carbocycles. The van der Waals surface area contributed by atoms with Crippen molar-refractivity contribution in [3.05, 3.63) is 12.2 Å². The molecular formula is C14H24N2O5. The fourth-order valence-electron chi connectivity index (χ4n) is 1.44. The van der Waals surface area contributed by atoms with Crippen LogP contribution in [0.5, 0.6) is 0 Å². The number of urea groups is 1. The standard InChI is InChI=1S/C14H24N2O5/c1-5-16(6-2)14(19)15-11(4)10-21-13(18)9-8-12(17)20-7-3/h8-9,11H,5-7,10H2,1-4H3,(H,15,19)/b9-8+/t11-/m1/s1. The predicted octanol–water partition coefficient (Wildman–Crippen LogP) is 1.09. The van der Waals surface area contributed by atoms with Gasteiger partial charge in [-0.15, -0.1) is 0 Å². The van der Waals surface area contributed by atoms with Crippen LogP contribution in [0, 0.1) is 0 Å². The number of carbonyl (C=O) groups excluding carboxylic acids is 3. The van der Waals surface area contributed by atoms with E-state index in [1.54, 1.807) is 18.7 Å². The normalized spacial score (nSPS) is 11.8. The second kappa shape index (κ2) is 10.7. The summed E-state index contributed by atoms with van der Waals surface area (Å²) < 4.78 is 9.54. The minimum atomic E-state index is -0.660. The zero-order valence-electron chi connectivity index (χ0n) is 13.0. The number of nitrogens with one attached hydrogen (secondary N) is 1. The van der Waals surface area contributed by atoms with Gasteiger partial charge in [-0.25, -0.2) is 14.4 Å². The molecule has 0 aliphatic rings. The average molecular weight is 300 g/mol. The highest BCUT2D eigenvalue weighted by atomic mass is 16.5. The molecule has 0 aliphatic carbocycles. The van der Waals surface area contributed by atoms with Gasteiger partial charge in [0.05, 0.1) is 12.6 Å². The summed E-state index contributed by atoms with van der Waals surface area (Å²) in [6, 6.07) is -0.524.